The molecule has 0 atom stereocenters. The predicted octanol–water partition coefficient (Wildman–Crippen LogP) is 3.77. The average Bonchev–Trinajstić information content (AvgIpc) is 2.74. The third-order valence-electron chi connectivity index (χ3n) is 3.48. The Hall–Kier alpha value is -1.65. The summed E-state index contributed by atoms with van der Waals surface area (Å²) >= 11 is 3.55. The lowest BCUT2D eigenvalue weighted by atomic mass is 10.1. The van der Waals surface area contributed by atoms with E-state index in [0.29, 0.717) is 6.54 Å². The van der Waals surface area contributed by atoms with Gasteiger partial charge in [-0.1, -0.05) is 22.0 Å². The molecule has 0 aliphatic rings. The molecule has 0 aliphatic carbocycles. The van der Waals surface area contributed by atoms with E-state index in [-0.39, 0.29) is 0 Å². The molecule has 1 aromatic heterocycles. The number of hydrogen-bond donors (Lipinski definition) is 1. The molecule has 1 heterocycles. The molecule has 102 valence electrons. The molecule has 0 aliphatic heterocycles. The van der Waals surface area contributed by atoms with E-state index in [2.05, 4.69) is 51.7 Å². The lowest BCUT2D eigenvalue weighted by Crippen LogP contribution is -1.97. The van der Waals surface area contributed by atoms with Crippen LogP contribution in [0.2, 0.25) is 0 Å². The summed E-state index contributed by atoms with van der Waals surface area (Å²) < 4.78 is 3.19. The molecule has 20 heavy (non-hydrogen) atoms. The maximum atomic E-state index is 5.71. The maximum Gasteiger partial charge on any atom is 0.140 e. The molecule has 3 aromatic rings. The first-order chi connectivity index (χ1) is 9.58. The second kappa shape index (κ2) is 5.04. The Morgan fingerprint density at radius 3 is 2.70 bits per heavy atom. The molecule has 0 unspecified atom stereocenters. The van der Waals surface area contributed by atoms with E-state index < -0.39 is 0 Å². The molecule has 3 rings (SSSR count). The van der Waals surface area contributed by atoms with Crippen molar-refractivity contribution in [1.29, 1.82) is 0 Å². The molecule has 0 saturated heterocycles. The summed E-state index contributed by atoms with van der Waals surface area (Å²) in [5.41, 5.74) is 11.3. The smallest absolute Gasteiger partial charge is 0.140 e. The fourth-order valence-corrected chi connectivity index (χ4v) is 3.09. The van der Waals surface area contributed by atoms with Gasteiger partial charge in [0.05, 0.1) is 11.0 Å². The zero-order valence-corrected chi connectivity index (χ0v) is 13.1. The molecule has 0 amide bonds. The van der Waals surface area contributed by atoms with Crippen molar-refractivity contribution >= 4 is 27.0 Å². The van der Waals surface area contributed by atoms with Gasteiger partial charge in [0.25, 0.3) is 0 Å². The van der Waals surface area contributed by atoms with E-state index in [1.54, 1.807) is 0 Å². The second-order valence-electron chi connectivity index (χ2n) is 5.04. The van der Waals surface area contributed by atoms with Gasteiger partial charge >= 0.3 is 0 Å². The Labute approximate surface area is 126 Å². The monoisotopic (exact) mass is 329 g/mol. The molecule has 2 aromatic carbocycles. The topological polar surface area (TPSA) is 43.8 Å². The summed E-state index contributed by atoms with van der Waals surface area (Å²) in [4.78, 5) is 4.74. The van der Waals surface area contributed by atoms with Gasteiger partial charge in [-0.15, -0.1) is 0 Å². The number of hydrogen-bond acceptors (Lipinski definition) is 2. The first-order valence-electron chi connectivity index (χ1n) is 6.51. The van der Waals surface area contributed by atoms with Crippen molar-refractivity contribution < 1.29 is 0 Å². The van der Waals surface area contributed by atoms with Crippen LogP contribution in [-0.4, -0.2) is 9.55 Å². The Kier molecular flexibility index (Phi) is 3.36. The summed E-state index contributed by atoms with van der Waals surface area (Å²) in [7, 11) is 2.04. The van der Waals surface area contributed by atoms with Gasteiger partial charge < -0.3 is 10.3 Å². The van der Waals surface area contributed by atoms with E-state index >= 15 is 0 Å². The quantitative estimate of drug-likeness (QED) is 0.777. The van der Waals surface area contributed by atoms with Gasteiger partial charge in [0.15, 0.2) is 0 Å². The second-order valence-corrected chi connectivity index (χ2v) is 5.95. The van der Waals surface area contributed by atoms with Crippen LogP contribution in [0.1, 0.15) is 11.1 Å². The lowest BCUT2D eigenvalue weighted by molar-refractivity contribution is 0.956. The number of fused-ring (bicyclic) bond motifs is 1. The summed E-state index contributed by atoms with van der Waals surface area (Å²) in [5, 5.41) is 0. The minimum atomic E-state index is 0.548. The molecular weight excluding hydrogens is 314 g/mol. The van der Waals surface area contributed by atoms with Crippen molar-refractivity contribution in [2.75, 3.05) is 0 Å². The van der Waals surface area contributed by atoms with E-state index in [0.717, 1.165) is 32.5 Å². The predicted molar refractivity (Wildman–Crippen MR) is 86.5 cm³/mol. The van der Waals surface area contributed by atoms with Crippen molar-refractivity contribution in [3.8, 4) is 11.4 Å². The standard InChI is InChI=1S/C16H16BrN3/c1-10-5-12(8-13(17)6-10)16-19-14-4-3-11(9-18)7-15(14)20(16)2/h3-8H,9,18H2,1-2H3. The van der Waals surface area contributed by atoms with Crippen LogP contribution in [0.15, 0.2) is 40.9 Å². The zero-order valence-electron chi connectivity index (χ0n) is 11.5. The molecule has 0 spiro atoms. The van der Waals surface area contributed by atoms with Crippen molar-refractivity contribution in [3.05, 3.63) is 52.0 Å². The number of nitrogens with zero attached hydrogens (tertiary/aromatic N) is 2. The number of nitrogens with two attached hydrogens (primary N) is 1. The van der Waals surface area contributed by atoms with Crippen LogP contribution in [0.5, 0.6) is 0 Å². The number of aromatic nitrogens is 2. The van der Waals surface area contributed by atoms with Gasteiger partial charge in [0.2, 0.25) is 0 Å². The van der Waals surface area contributed by atoms with Crippen molar-refractivity contribution in [3.63, 3.8) is 0 Å². The average molecular weight is 330 g/mol. The van der Waals surface area contributed by atoms with Gasteiger partial charge in [-0.05, 0) is 48.4 Å². The Morgan fingerprint density at radius 2 is 2.00 bits per heavy atom. The van der Waals surface area contributed by atoms with Crippen LogP contribution < -0.4 is 5.73 Å². The van der Waals surface area contributed by atoms with Crippen LogP contribution in [0.3, 0.4) is 0 Å². The molecule has 0 fully saturated rings. The Morgan fingerprint density at radius 1 is 1.20 bits per heavy atom. The van der Waals surface area contributed by atoms with E-state index in [1.165, 1.54) is 5.56 Å². The number of aryl methyl sites for hydroxylation is 2. The maximum absolute atomic E-state index is 5.71. The third kappa shape index (κ3) is 2.25. The van der Waals surface area contributed by atoms with Crippen molar-refractivity contribution in [2.24, 2.45) is 12.8 Å². The fourth-order valence-electron chi connectivity index (χ4n) is 2.49. The fraction of sp³-hybridized carbons (Fsp3) is 0.188. The normalized spacial score (nSPS) is 11.2. The lowest BCUT2D eigenvalue weighted by Gasteiger charge is -2.05. The number of rotatable bonds is 2. The number of imidazole rings is 1. The largest absolute Gasteiger partial charge is 0.327 e. The summed E-state index contributed by atoms with van der Waals surface area (Å²) in [6, 6.07) is 12.5. The minimum absolute atomic E-state index is 0.548. The van der Waals surface area contributed by atoms with Crippen LogP contribution in [0.25, 0.3) is 22.4 Å². The zero-order chi connectivity index (χ0) is 14.3. The first-order valence-corrected chi connectivity index (χ1v) is 7.31. The highest BCUT2D eigenvalue weighted by molar-refractivity contribution is 9.10. The summed E-state index contributed by atoms with van der Waals surface area (Å²) in [5.74, 6) is 0.971. The van der Waals surface area contributed by atoms with Gasteiger partial charge in [0, 0.05) is 23.6 Å². The minimum Gasteiger partial charge on any atom is -0.327 e. The van der Waals surface area contributed by atoms with Gasteiger partial charge in [-0.2, -0.15) is 0 Å². The highest BCUT2D eigenvalue weighted by Gasteiger charge is 2.11. The molecular formula is C16H16BrN3. The van der Waals surface area contributed by atoms with Crippen LogP contribution in [0.4, 0.5) is 0 Å². The SMILES string of the molecule is Cc1cc(Br)cc(-c2nc3ccc(CN)cc3n2C)c1. The number of benzene rings is 2. The highest BCUT2D eigenvalue weighted by Crippen LogP contribution is 2.27. The Bertz CT molecular complexity index is 770. The summed E-state index contributed by atoms with van der Waals surface area (Å²) in [6.45, 7) is 2.63. The van der Waals surface area contributed by atoms with Crippen LogP contribution >= 0.6 is 15.9 Å². The van der Waals surface area contributed by atoms with Gasteiger partial charge in [-0.3, -0.25) is 0 Å². The molecule has 2 N–H and O–H groups in total. The molecule has 0 bridgehead atoms. The molecule has 4 heteroatoms. The Balaban J connectivity index is 2.23. The van der Waals surface area contributed by atoms with E-state index in [4.69, 9.17) is 10.7 Å². The molecule has 3 nitrogen and oxygen atoms in total. The highest BCUT2D eigenvalue weighted by atomic mass is 79.9. The van der Waals surface area contributed by atoms with E-state index in [9.17, 15) is 0 Å². The van der Waals surface area contributed by atoms with Crippen molar-refractivity contribution in [2.45, 2.75) is 13.5 Å². The van der Waals surface area contributed by atoms with Gasteiger partial charge in [0.1, 0.15) is 5.82 Å². The van der Waals surface area contributed by atoms with Crippen molar-refractivity contribution in [1.82, 2.24) is 9.55 Å². The van der Waals surface area contributed by atoms with E-state index in [1.807, 2.05) is 19.2 Å². The van der Waals surface area contributed by atoms with Crippen LogP contribution in [-0.2, 0) is 13.6 Å². The van der Waals surface area contributed by atoms with Crippen LogP contribution in [0, 0.1) is 6.92 Å². The number of halogens is 1. The molecule has 0 saturated carbocycles. The first kappa shape index (κ1) is 13.3. The third-order valence-corrected chi connectivity index (χ3v) is 3.94. The van der Waals surface area contributed by atoms with Gasteiger partial charge in [-0.25, -0.2) is 4.98 Å². The summed E-state index contributed by atoms with van der Waals surface area (Å²) in [6.07, 6.45) is 0. The molecule has 0 radical (unpaired) electrons.